The molecular formula is C30H38ClN5O2. The standard InChI is InChI=1S/C30H38ClN5O2/c1-20(2)29-33-27-24(28(32)37)7-5-9-26(27)36(29)19-22-10-14-34(15-11-22)18-21-12-16-35(17-13-21)30(38)23-6-3-4-8-25(23)31/h3-9,20-22H,10-19H2,1-2H3,(H2,32,37). The molecule has 2 aliphatic heterocycles. The molecule has 2 aromatic carbocycles. The van der Waals surface area contributed by atoms with Gasteiger partial charge in [0.05, 0.1) is 21.7 Å². The van der Waals surface area contributed by atoms with Crippen LogP contribution in [0.5, 0.6) is 0 Å². The van der Waals surface area contributed by atoms with Gasteiger partial charge in [-0.2, -0.15) is 0 Å². The van der Waals surface area contributed by atoms with Crippen molar-refractivity contribution in [3.05, 3.63) is 64.4 Å². The Balaban J connectivity index is 1.15. The highest BCUT2D eigenvalue weighted by Gasteiger charge is 2.28. The largest absolute Gasteiger partial charge is 0.366 e. The minimum atomic E-state index is -0.428. The normalized spacial score (nSPS) is 17.9. The maximum atomic E-state index is 12.9. The Morgan fingerprint density at radius 3 is 2.21 bits per heavy atom. The molecule has 3 aromatic rings. The maximum absolute atomic E-state index is 12.9. The molecular weight excluding hydrogens is 498 g/mol. The van der Waals surface area contributed by atoms with Gasteiger partial charge in [-0.3, -0.25) is 9.59 Å². The third-order valence-electron chi connectivity index (χ3n) is 8.26. The number of carbonyl (C=O) groups excluding carboxylic acids is 2. The molecule has 2 aliphatic rings. The molecule has 0 unspecified atom stereocenters. The average molecular weight is 536 g/mol. The van der Waals surface area contributed by atoms with Crippen LogP contribution in [0.25, 0.3) is 11.0 Å². The number of fused-ring (bicyclic) bond motifs is 1. The second-order valence-corrected chi connectivity index (χ2v) is 11.6. The molecule has 0 atom stereocenters. The van der Waals surface area contributed by atoms with Crippen LogP contribution in [0.4, 0.5) is 0 Å². The van der Waals surface area contributed by atoms with E-state index in [9.17, 15) is 9.59 Å². The summed E-state index contributed by atoms with van der Waals surface area (Å²) in [6.07, 6.45) is 4.38. The number of nitrogens with zero attached hydrogens (tertiary/aromatic N) is 4. The smallest absolute Gasteiger partial charge is 0.255 e. The Morgan fingerprint density at radius 2 is 1.55 bits per heavy atom. The van der Waals surface area contributed by atoms with Gasteiger partial charge in [0.25, 0.3) is 11.8 Å². The summed E-state index contributed by atoms with van der Waals surface area (Å²) in [5.74, 6) is 2.11. The predicted octanol–water partition coefficient (Wildman–Crippen LogP) is 5.18. The molecule has 1 aromatic heterocycles. The monoisotopic (exact) mass is 535 g/mol. The lowest BCUT2D eigenvalue weighted by Gasteiger charge is -2.38. The number of piperidine rings is 2. The highest BCUT2D eigenvalue weighted by Crippen LogP contribution is 2.29. The molecule has 38 heavy (non-hydrogen) atoms. The third kappa shape index (κ3) is 5.59. The van der Waals surface area contributed by atoms with Crippen molar-refractivity contribution in [3.63, 3.8) is 0 Å². The summed E-state index contributed by atoms with van der Waals surface area (Å²) < 4.78 is 2.32. The number of halogens is 1. The molecule has 0 radical (unpaired) electrons. The van der Waals surface area contributed by atoms with Crippen molar-refractivity contribution >= 4 is 34.4 Å². The molecule has 5 rings (SSSR count). The first-order valence-corrected chi connectivity index (χ1v) is 14.2. The van der Waals surface area contributed by atoms with E-state index in [2.05, 4.69) is 29.4 Å². The van der Waals surface area contributed by atoms with Crippen LogP contribution in [0.15, 0.2) is 42.5 Å². The van der Waals surface area contributed by atoms with Crippen molar-refractivity contribution in [2.45, 2.75) is 52.0 Å². The summed E-state index contributed by atoms with van der Waals surface area (Å²) in [6, 6.07) is 13.0. The van der Waals surface area contributed by atoms with E-state index in [1.165, 1.54) is 0 Å². The number of amides is 2. The first-order chi connectivity index (χ1) is 18.3. The number of benzene rings is 2. The second kappa shape index (κ2) is 11.5. The van der Waals surface area contributed by atoms with E-state index in [0.29, 0.717) is 28.0 Å². The van der Waals surface area contributed by atoms with E-state index < -0.39 is 5.91 Å². The predicted molar refractivity (Wildman–Crippen MR) is 152 cm³/mol. The van der Waals surface area contributed by atoms with Crippen molar-refractivity contribution in [2.75, 3.05) is 32.7 Å². The Bertz CT molecular complexity index is 1300. The van der Waals surface area contributed by atoms with E-state index >= 15 is 0 Å². The fourth-order valence-electron chi connectivity index (χ4n) is 6.09. The van der Waals surface area contributed by atoms with Gasteiger partial charge >= 0.3 is 0 Å². The number of likely N-dealkylation sites (tertiary alicyclic amines) is 2. The summed E-state index contributed by atoms with van der Waals surface area (Å²) in [4.78, 5) is 34.3. The van der Waals surface area contributed by atoms with E-state index in [-0.39, 0.29) is 11.8 Å². The molecule has 8 heteroatoms. The lowest BCUT2D eigenvalue weighted by molar-refractivity contribution is 0.0649. The number of primary amides is 1. The van der Waals surface area contributed by atoms with Gasteiger partial charge in [-0.1, -0.05) is 43.6 Å². The van der Waals surface area contributed by atoms with E-state index in [0.717, 1.165) is 81.8 Å². The Morgan fingerprint density at radius 1 is 0.921 bits per heavy atom. The molecule has 0 aliphatic carbocycles. The number of imidazole rings is 1. The fraction of sp³-hybridized carbons (Fsp3) is 0.500. The fourth-order valence-corrected chi connectivity index (χ4v) is 6.31. The van der Waals surface area contributed by atoms with E-state index in [1.54, 1.807) is 12.1 Å². The summed E-state index contributed by atoms with van der Waals surface area (Å²) in [5.41, 5.74) is 8.46. The van der Waals surface area contributed by atoms with Gasteiger partial charge < -0.3 is 20.1 Å². The van der Waals surface area contributed by atoms with Gasteiger partial charge in [0.15, 0.2) is 0 Å². The van der Waals surface area contributed by atoms with Crippen LogP contribution in [0.3, 0.4) is 0 Å². The molecule has 3 heterocycles. The van der Waals surface area contributed by atoms with Crippen LogP contribution in [0.1, 0.15) is 72.0 Å². The number of hydrogen-bond donors (Lipinski definition) is 1. The topological polar surface area (TPSA) is 84.5 Å². The molecule has 202 valence electrons. The summed E-state index contributed by atoms with van der Waals surface area (Å²) >= 11 is 6.25. The van der Waals surface area contributed by atoms with Gasteiger partial charge in [-0.25, -0.2) is 4.98 Å². The highest BCUT2D eigenvalue weighted by molar-refractivity contribution is 6.33. The van der Waals surface area contributed by atoms with Crippen LogP contribution < -0.4 is 5.73 Å². The van der Waals surface area contributed by atoms with Crippen LogP contribution in [-0.4, -0.2) is 63.9 Å². The van der Waals surface area contributed by atoms with Crippen LogP contribution in [0, 0.1) is 11.8 Å². The maximum Gasteiger partial charge on any atom is 0.255 e. The summed E-state index contributed by atoms with van der Waals surface area (Å²) in [5, 5.41) is 0.528. The average Bonchev–Trinajstić information content (AvgIpc) is 3.29. The van der Waals surface area contributed by atoms with Gasteiger partial charge in [0.2, 0.25) is 0 Å². The minimum Gasteiger partial charge on any atom is -0.366 e. The molecule has 2 fully saturated rings. The molecule has 2 N–H and O–H groups in total. The number of rotatable bonds is 7. The van der Waals surface area contributed by atoms with E-state index in [4.69, 9.17) is 22.3 Å². The van der Waals surface area contributed by atoms with Crippen LogP contribution in [0.2, 0.25) is 5.02 Å². The highest BCUT2D eigenvalue weighted by atomic mass is 35.5. The van der Waals surface area contributed by atoms with Crippen LogP contribution in [-0.2, 0) is 6.54 Å². The van der Waals surface area contributed by atoms with Gasteiger partial charge in [-0.15, -0.1) is 0 Å². The zero-order valence-electron chi connectivity index (χ0n) is 22.4. The molecule has 7 nitrogen and oxygen atoms in total. The second-order valence-electron chi connectivity index (χ2n) is 11.2. The van der Waals surface area contributed by atoms with Gasteiger partial charge in [0.1, 0.15) is 11.3 Å². The molecule has 0 saturated carbocycles. The Labute approximate surface area is 229 Å². The number of para-hydroxylation sites is 1. The summed E-state index contributed by atoms with van der Waals surface area (Å²) in [7, 11) is 0. The molecule has 2 amide bonds. The third-order valence-corrected chi connectivity index (χ3v) is 8.59. The molecule has 2 saturated heterocycles. The quantitative estimate of drug-likeness (QED) is 0.452. The van der Waals surface area contributed by atoms with Crippen molar-refractivity contribution in [1.82, 2.24) is 19.4 Å². The van der Waals surface area contributed by atoms with Gasteiger partial charge in [0, 0.05) is 32.1 Å². The van der Waals surface area contributed by atoms with E-state index in [1.807, 2.05) is 29.2 Å². The first kappa shape index (κ1) is 26.7. The Kier molecular flexibility index (Phi) is 8.05. The van der Waals surface area contributed by atoms with Gasteiger partial charge in [-0.05, 0) is 74.9 Å². The van der Waals surface area contributed by atoms with Crippen LogP contribution >= 0.6 is 11.6 Å². The number of hydrogen-bond acceptors (Lipinski definition) is 4. The number of aromatic nitrogens is 2. The molecule has 0 spiro atoms. The summed E-state index contributed by atoms with van der Waals surface area (Å²) in [6.45, 7) is 10.1. The lowest BCUT2D eigenvalue weighted by Crippen LogP contribution is -2.43. The number of carbonyl (C=O) groups is 2. The van der Waals surface area contributed by atoms with Crippen molar-refractivity contribution < 1.29 is 9.59 Å². The zero-order valence-corrected chi connectivity index (χ0v) is 23.2. The SMILES string of the molecule is CC(C)c1nc2c(C(N)=O)cccc2n1CC1CCN(CC2CCN(C(=O)c3ccccc3Cl)CC2)CC1. The Hall–Kier alpha value is -2.90. The zero-order chi connectivity index (χ0) is 26.8. The minimum absolute atomic E-state index is 0.0469. The lowest BCUT2D eigenvalue weighted by atomic mass is 9.92. The van der Waals surface area contributed by atoms with Crippen molar-refractivity contribution in [3.8, 4) is 0 Å². The first-order valence-electron chi connectivity index (χ1n) is 13.9. The van der Waals surface area contributed by atoms with Crippen molar-refractivity contribution in [2.24, 2.45) is 17.6 Å². The van der Waals surface area contributed by atoms with Crippen molar-refractivity contribution in [1.29, 1.82) is 0 Å². The number of nitrogens with two attached hydrogens (primary N) is 1. The molecule has 0 bridgehead atoms.